The first-order valence-corrected chi connectivity index (χ1v) is 10.3. The van der Waals surface area contributed by atoms with Crippen molar-refractivity contribution in [1.29, 1.82) is 0 Å². The fourth-order valence-corrected chi connectivity index (χ4v) is 5.76. The Morgan fingerprint density at radius 1 is 1.22 bits per heavy atom. The van der Waals surface area contributed by atoms with Crippen LogP contribution in [0.1, 0.15) is 63.7 Å². The van der Waals surface area contributed by atoms with E-state index in [9.17, 15) is 9.90 Å². The number of benzene rings is 1. The lowest BCUT2D eigenvalue weighted by atomic mass is 9.67. The lowest BCUT2D eigenvalue weighted by Gasteiger charge is -2.44. The smallest absolute Gasteiger partial charge is 0.188 e. The van der Waals surface area contributed by atoms with Gasteiger partial charge in [-0.05, 0) is 37.5 Å². The summed E-state index contributed by atoms with van der Waals surface area (Å²) in [4.78, 5) is 12.6. The van der Waals surface area contributed by atoms with Gasteiger partial charge in [0.1, 0.15) is 6.61 Å². The van der Waals surface area contributed by atoms with Gasteiger partial charge in [0.15, 0.2) is 5.78 Å². The van der Waals surface area contributed by atoms with Gasteiger partial charge in [-0.1, -0.05) is 51.1 Å². The number of ketones is 1. The van der Waals surface area contributed by atoms with Crippen LogP contribution in [0.15, 0.2) is 30.3 Å². The topological polar surface area (TPSA) is 59.1 Å². The third-order valence-electron chi connectivity index (χ3n) is 7.58. The summed E-state index contributed by atoms with van der Waals surface area (Å²) in [6, 6.07) is 9.29. The zero-order chi connectivity index (χ0) is 19.4. The third kappa shape index (κ3) is 3.16. The molecule has 0 amide bonds. The Kier molecular flexibility index (Phi) is 4.53. The highest BCUT2D eigenvalue weighted by Crippen LogP contribution is 2.63. The minimum atomic E-state index is -0.748. The van der Waals surface area contributed by atoms with Crippen LogP contribution in [0.4, 0.5) is 0 Å². The highest BCUT2D eigenvalue weighted by Gasteiger charge is 2.67. The second kappa shape index (κ2) is 6.40. The number of epoxide rings is 1. The molecular formula is C23H32O4. The molecule has 2 aliphatic carbocycles. The molecule has 4 nitrogen and oxygen atoms in total. The van der Waals surface area contributed by atoms with E-state index >= 15 is 0 Å². The van der Waals surface area contributed by atoms with Crippen molar-refractivity contribution in [3.05, 3.63) is 35.9 Å². The van der Waals surface area contributed by atoms with Gasteiger partial charge in [-0.25, -0.2) is 0 Å². The molecule has 148 valence electrons. The van der Waals surface area contributed by atoms with Crippen molar-refractivity contribution < 1.29 is 19.4 Å². The van der Waals surface area contributed by atoms with E-state index in [1.165, 1.54) is 0 Å². The predicted molar refractivity (Wildman–Crippen MR) is 104 cm³/mol. The molecule has 1 N–H and O–H groups in total. The molecule has 3 aliphatic rings. The molecule has 3 fully saturated rings. The van der Waals surface area contributed by atoms with Crippen molar-refractivity contribution in [2.75, 3.05) is 6.61 Å². The summed E-state index contributed by atoms with van der Waals surface area (Å²) in [7, 11) is 0. The van der Waals surface area contributed by atoms with Crippen LogP contribution in [0.3, 0.4) is 0 Å². The first-order valence-electron chi connectivity index (χ1n) is 10.3. The predicted octanol–water partition coefficient (Wildman–Crippen LogP) is 4.01. The third-order valence-corrected chi connectivity index (χ3v) is 7.58. The highest BCUT2D eigenvalue weighted by molar-refractivity contribution is 5.97. The van der Waals surface area contributed by atoms with Crippen LogP contribution in [0, 0.1) is 17.3 Å². The SMILES string of the molecule is CC(C)[C@]1(O)CC[C@]2(C)C[C@@H]3O[C@]3(C)C[C@H](OCC(=O)c3ccccc3)[C@H]21. The Balaban J connectivity index is 1.59. The number of carbonyl (C=O) groups is 1. The van der Waals surface area contributed by atoms with Gasteiger partial charge >= 0.3 is 0 Å². The average molecular weight is 373 g/mol. The van der Waals surface area contributed by atoms with Crippen molar-refractivity contribution in [1.82, 2.24) is 0 Å². The van der Waals surface area contributed by atoms with E-state index in [2.05, 4.69) is 27.7 Å². The molecule has 2 saturated carbocycles. The molecule has 1 aromatic carbocycles. The molecular weight excluding hydrogens is 340 g/mol. The van der Waals surface area contributed by atoms with Gasteiger partial charge in [0.05, 0.1) is 23.4 Å². The molecule has 0 spiro atoms. The quantitative estimate of drug-likeness (QED) is 0.627. The normalized spacial score (nSPS) is 43.1. The van der Waals surface area contributed by atoms with Crippen LogP contribution in [0.25, 0.3) is 0 Å². The van der Waals surface area contributed by atoms with Crippen LogP contribution >= 0.6 is 0 Å². The standard InChI is InChI=1S/C23H32O4/c1-15(2)23(25)11-10-21(3)13-19-22(4,27-19)12-18(20(21)23)26-14-17(24)16-8-6-5-7-9-16/h5-9,15,18-20,25H,10-14H2,1-4H3/t18-,19-,20+,21+,22+,23+/m0/s1. The number of Topliss-reactive ketones (excluding diaryl/α,β-unsaturated/α-hetero) is 1. The molecule has 0 aromatic heterocycles. The van der Waals surface area contributed by atoms with Gasteiger partial charge in [0.2, 0.25) is 0 Å². The Labute approximate surface area is 162 Å². The Hall–Kier alpha value is -1.23. The van der Waals surface area contributed by atoms with Crippen LogP contribution in [0.5, 0.6) is 0 Å². The number of rotatable bonds is 5. The lowest BCUT2D eigenvalue weighted by Crippen LogP contribution is -2.50. The first kappa shape index (κ1) is 19.1. The second-order valence-electron chi connectivity index (χ2n) is 9.74. The number of aliphatic hydroxyl groups is 1. The molecule has 0 bridgehead atoms. The highest BCUT2D eigenvalue weighted by atomic mass is 16.6. The molecule has 4 rings (SSSR count). The number of hydrogen-bond acceptors (Lipinski definition) is 4. The van der Waals surface area contributed by atoms with Gasteiger partial charge in [-0.3, -0.25) is 4.79 Å². The molecule has 6 atom stereocenters. The van der Waals surface area contributed by atoms with Gasteiger partial charge in [0, 0.05) is 17.9 Å². The fourth-order valence-electron chi connectivity index (χ4n) is 5.76. The first-order chi connectivity index (χ1) is 12.7. The minimum Gasteiger partial charge on any atom is -0.389 e. The molecule has 1 saturated heterocycles. The molecule has 4 heteroatoms. The lowest BCUT2D eigenvalue weighted by molar-refractivity contribution is -0.132. The molecule has 27 heavy (non-hydrogen) atoms. The molecule has 1 aliphatic heterocycles. The van der Waals surface area contributed by atoms with Crippen molar-refractivity contribution in [3.8, 4) is 0 Å². The average Bonchev–Trinajstić information content (AvgIpc) is 3.18. The van der Waals surface area contributed by atoms with Gasteiger partial charge in [-0.2, -0.15) is 0 Å². The van der Waals surface area contributed by atoms with Gasteiger partial charge in [-0.15, -0.1) is 0 Å². The van der Waals surface area contributed by atoms with Crippen molar-refractivity contribution in [2.45, 2.75) is 76.8 Å². The number of carbonyl (C=O) groups excluding carboxylic acids is 1. The summed E-state index contributed by atoms with van der Waals surface area (Å²) in [6.45, 7) is 8.67. The van der Waals surface area contributed by atoms with Gasteiger partial charge in [0.25, 0.3) is 0 Å². The fraction of sp³-hybridized carbons (Fsp3) is 0.696. The van der Waals surface area contributed by atoms with E-state index in [4.69, 9.17) is 9.47 Å². The van der Waals surface area contributed by atoms with Crippen LogP contribution in [0.2, 0.25) is 0 Å². The summed E-state index contributed by atoms with van der Waals surface area (Å²) in [5.74, 6) is 0.177. The minimum absolute atomic E-state index is 0.00829. The molecule has 1 aromatic rings. The maximum Gasteiger partial charge on any atom is 0.188 e. The molecule has 0 radical (unpaired) electrons. The Bertz CT molecular complexity index is 716. The summed E-state index contributed by atoms with van der Waals surface area (Å²) >= 11 is 0. The summed E-state index contributed by atoms with van der Waals surface area (Å²) in [5.41, 5.74) is -0.266. The zero-order valence-electron chi connectivity index (χ0n) is 16.9. The summed E-state index contributed by atoms with van der Waals surface area (Å²) < 4.78 is 12.3. The summed E-state index contributed by atoms with van der Waals surface area (Å²) in [5, 5.41) is 11.6. The maximum absolute atomic E-state index is 12.6. The van der Waals surface area contributed by atoms with Crippen molar-refractivity contribution >= 4 is 5.78 Å². The van der Waals surface area contributed by atoms with E-state index in [0.29, 0.717) is 5.56 Å². The van der Waals surface area contributed by atoms with E-state index < -0.39 is 5.60 Å². The van der Waals surface area contributed by atoms with E-state index in [0.717, 1.165) is 25.7 Å². The molecule has 0 unspecified atom stereocenters. The number of fused-ring (bicyclic) bond motifs is 2. The maximum atomic E-state index is 12.6. The Morgan fingerprint density at radius 2 is 1.93 bits per heavy atom. The largest absolute Gasteiger partial charge is 0.389 e. The van der Waals surface area contributed by atoms with Crippen LogP contribution in [-0.2, 0) is 9.47 Å². The van der Waals surface area contributed by atoms with Crippen LogP contribution < -0.4 is 0 Å². The van der Waals surface area contributed by atoms with E-state index in [1.807, 2.05) is 30.3 Å². The van der Waals surface area contributed by atoms with Crippen molar-refractivity contribution in [2.24, 2.45) is 17.3 Å². The number of ether oxygens (including phenoxy) is 2. The second-order valence-corrected chi connectivity index (χ2v) is 9.74. The Morgan fingerprint density at radius 3 is 2.59 bits per heavy atom. The number of hydrogen-bond donors (Lipinski definition) is 1. The van der Waals surface area contributed by atoms with E-state index in [1.54, 1.807) is 0 Å². The van der Waals surface area contributed by atoms with Crippen LogP contribution in [-0.4, -0.2) is 40.9 Å². The van der Waals surface area contributed by atoms with Gasteiger partial charge < -0.3 is 14.6 Å². The van der Waals surface area contributed by atoms with E-state index in [-0.39, 0.29) is 47.4 Å². The monoisotopic (exact) mass is 372 g/mol. The summed E-state index contributed by atoms with van der Waals surface area (Å²) in [6.07, 6.45) is 3.56. The zero-order valence-corrected chi connectivity index (χ0v) is 16.9. The molecule has 1 heterocycles. The van der Waals surface area contributed by atoms with Crippen molar-refractivity contribution in [3.63, 3.8) is 0 Å².